The summed E-state index contributed by atoms with van der Waals surface area (Å²) in [6, 6.07) is 8.54. The molecule has 0 bridgehead atoms. The van der Waals surface area contributed by atoms with Gasteiger partial charge in [-0.15, -0.1) is 0 Å². The fraction of sp³-hybridized carbons (Fsp3) is 0.462. The zero-order valence-electron chi connectivity index (χ0n) is 9.74. The summed E-state index contributed by atoms with van der Waals surface area (Å²) in [6.07, 6.45) is 1.81. The minimum atomic E-state index is 0.274. The van der Waals surface area contributed by atoms with Crippen molar-refractivity contribution in [3.63, 3.8) is 0 Å². The van der Waals surface area contributed by atoms with E-state index in [-0.39, 0.29) is 5.84 Å². The van der Waals surface area contributed by atoms with E-state index in [1.165, 1.54) is 11.3 Å². The van der Waals surface area contributed by atoms with Gasteiger partial charge in [-0.3, -0.25) is 5.41 Å². The summed E-state index contributed by atoms with van der Waals surface area (Å²) in [5.74, 6) is 0.956. The highest BCUT2D eigenvalue weighted by molar-refractivity contribution is 5.77. The van der Waals surface area contributed by atoms with E-state index < -0.39 is 0 Å². The summed E-state index contributed by atoms with van der Waals surface area (Å²) in [7, 11) is 0. The van der Waals surface area contributed by atoms with E-state index >= 15 is 0 Å². The van der Waals surface area contributed by atoms with Gasteiger partial charge in [-0.25, -0.2) is 0 Å². The first-order valence-corrected chi connectivity index (χ1v) is 5.82. The Balaban J connectivity index is 2.16. The van der Waals surface area contributed by atoms with Crippen LogP contribution < -0.4 is 10.6 Å². The average molecular weight is 217 g/mol. The highest BCUT2D eigenvalue weighted by Gasteiger charge is 2.20. The number of fused-ring (bicyclic) bond motifs is 1. The molecule has 0 aliphatic carbocycles. The molecule has 1 aliphatic rings. The maximum atomic E-state index is 7.30. The Labute approximate surface area is 96.8 Å². The van der Waals surface area contributed by atoms with Gasteiger partial charge >= 0.3 is 0 Å². The normalized spacial score (nSPS) is 19.3. The minimum Gasteiger partial charge on any atom is -0.388 e. The molecule has 1 aliphatic heterocycles. The third-order valence-electron chi connectivity index (χ3n) is 3.08. The standard InChI is InChI=1S/C13H19N3/c1-10-8-11-4-2-3-5-12(11)16(9-10)7-6-13(14)15/h2-5,10H,6-9H2,1H3,(H3,14,15). The Bertz CT molecular complexity index is 387. The van der Waals surface area contributed by atoms with Crippen molar-refractivity contribution in [2.45, 2.75) is 19.8 Å². The van der Waals surface area contributed by atoms with E-state index in [1.54, 1.807) is 0 Å². The molecule has 0 saturated carbocycles. The fourth-order valence-corrected chi connectivity index (χ4v) is 2.37. The van der Waals surface area contributed by atoms with Gasteiger partial charge in [0.1, 0.15) is 0 Å². The molecule has 1 heterocycles. The van der Waals surface area contributed by atoms with Crippen LogP contribution >= 0.6 is 0 Å². The van der Waals surface area contributed by atoms with Crippen LogP contribution in [0.3, 0.4) is 0 Å². The highest BCUT2D eigenvalue weighted by atomic mass is 15.1. The Morgan fingerprint density at radius 3 is 3.00 bits per heavy atom. The molecule has 2 rings (SSSR count). The van der Waals surface area contributed by atoms with Gasteiger partial charge in [0.15, 0.2) is 0 Å². The molecule has 1 unspecified atom stereocenters. The number of para-hydroxylation sites is 1. The Kier molecular flexibility index (Phi) is 3.13. The van der Waals surface area contributed by atoms with Crippen LogP contribution in [0, 0.1) is 11.3 Å². The van der Waals surface area contributed by atoms with Crippen molar-refractivity contribution in [1.82, 2.24) is 0 Å². The van der Waals surface area contributed by atoms with Crippen LogP contribution in [0.25, 0.3) is 0 Å². The monoisotopic (exact) mass is 217 g/mol. The third kappa shape index (κ3) is 2.35. The molecule has 86 valence electrons. The lowest BCUT2D eigenvalue weighted by Crippen LogP contribution is -2.36. The second kappa shape index (κ2) is 4.56. The first-order chi connectivity index (χ1) is 7.66. The molecule has 1 aromatic carbocycles. The minimum absolute atomic E-state index is 0.274. The average Bonchev–Trinajstić information content (AvgIpc) is 2.25. The number of rotatable bonds is 3. The van der Waals surface area contributed by atoms with E-state index in [0.717, 1.165) is 19.5 Å². The number of anilines is 1. The molecule has 1 atom stereocenters. The van der Waals surface area contributed by atoms with Crippen molar-refractivity contribution < 1.29 is 0 Å². The van der Waals surface area contributed by atoms with Crippen LogP contribution in [-0.2, 0) is 6.42 Å². The zero-order chi connectivity index (χ0) is 11.5. The van der Waals surface area contributed by atoms with Crippen LogP contribution in [0.2, 0.25) is 0 Å². The van der Waals surface area contributed by atoms with Gasteiger partial charge in [0.05, 0.1) is 5.84 Å². The molecule has 16 heavy (non-hydrogen) atoms. The number of hydrogen-bond acceptors (Lipinski definition) is 2. The summed E-state index contributed by atoms with van der Waals surface area (Å²) < 4.78 is 0. The molecule has 0 radical (unpaired) electrons. The van der Waals surface area contributed by atoms with Crippen molar-refractivity contribution in [2.24, 2.45) is 11.7 Å². The summed E-state index contributed by atoms with van der Waals surface area (Å²) in [5, 5.41) is 7.30. The first-order valence-electron chi connectivity index (χ1n) is 5.82. The number of nitrogens with zero attached hydrogens (tertiary/aromatic N) is 1. The molecular formula is C13H19N3. The van der Waals surface area contributed by atoms with Gasteiger partial charge in [-0.2, -0.15) is 0 Å². The summed E-state index contributed by atoms with van der Waals surface area (Å²) in [5.41, 5.74) is 8.16. The molecule has 3 N–H and O–H groups in total. The van der Waals surface area contributed by atoms with Crippen LogP contribution in [0.1, 0.15) is 18.9 Å². The summed E-state index contributed by atoms with van der Waals surface area (Å²) in [6.45, 7) is 4.21. The third-order valence-corrected chi connectivity index (χ3v) is 3.08. The number of nitrogens with two attached hydrogens (primary N) is 1. The van der Waals surface area contributed by atoms with Gasteiger partial charge in [-0.05, 0) is 24.0 Å². The van der Waals surface area contributed by atoms with Gasteiger partial charge in [-0.1, -0.05) is 25.1 Å². The molecule has 0 aromatic heterocycles. The largest absolute Gasteiger partial charge is 0.388 e. The van der Waals surface area contributed by atoms with Crippen molar-refractivity contribution in [1.29, 1.82) is 5.41 Å². The van der Waals surface area contributed by atoms with Crippen molar-refractivity contribution in [2.75, 3.05) is 18.0 Å². The Morgan fingerprint density at radius 1 is 1.50 bits per heavy atom. The maximum absolute atomic E-state index is 7.30. The quantitative estimate of drug-likeness (QED) is 0.601. The lowest BCUT2D eigenvalue weighted by atomic mass is 9.94. The van der Waals surface area contributed by atoms with Crippen LogP contribution in [0.4, 0.5) is 5.69 Å². The van der Waals surface area contributed by atoms with Crippen LogP contribution in [0.5, 0.6) is 0 Å². The Hall–Kier alpha value is -1.51. The number of nitrogens with one attached hydrogen (secondary N) is 1. The number of hydrogen-bond donors (Lipinski definition) is 2. The van der Waals surface area contributed by atoms with Gasteiger partial charge in [0, 0.05) is 25.2 Å². The van der Waals surface area contributed by atoms with E-state index in [4.69, 9.17) is 11.1 Å². The molecule has 0 spiro atoms. The number of amidine groups is 1. The Morgan fingerprint density at radius 2 is 2.25 bits per heavy atom. The molecule has 3 nitrogen and oxygen atoms in total. The molecule has 0 saturated heterocycles. The van der Waals surface area contributed by atoms with Gasteiger partial charge in [0.2, 0.25) is 0 Å². The lowest BCUT2D eigenvalue weighted by Gasteiger charge is -2.34. The van der Waals surface area contributed by atoms with E-state index in [0.29, 0.717) is 12.3 Å². The van der Waals surface area contributed by atoms with Gasteiger partial charge in [0.25, 0.3) is 0 Å². The van der Waals surface area contributed by atoms with Crippen molar-refractivity contribution >= 4 is 11.5 Å². The van der Waals surface area contributed by atoms with Crippen molar-refractivity contribution in [3.8, 4) is 0 Å². The molecular weight excluding hydrogens is 198 g/mol. The van der Waals surface area contributed by atoms with Crippen LogP contribution in [-0.4, -0.2) is 18.9 Å². The van der Waals surface area contributed by atoms with E-state index in [9.17, 15) is 0 Å². The zero-order valence-corrected chi connectivity index (χ0v) is 9.74. The fourth-order valence-electron chi connectivity index (χ4n) is 2.37. The second-order valence-electron chi connectivity index (χ2n) is 4.66. The summed E-state index contributed by atoms with van der Waals surface area (Å²) >= 11 is 0. The molecule has 3 heteroatoms. The van der Waals surface area contributed by atoms with Crippen LogP contribution in [0.15, 0.2) is 24.3 Å². The lowest BCUT2D eigenvalue weighted by molar-refractivity contribution is 0.534. The summed E-state index contributed by atoms with van der Waals surface area (Å²) in [4.78, 5) is 2.35. The van der Waals surface area contributed by atoms with Gasteiger partial charge < -0.3 is 10.6 Å². The number of benzene rings is 1. The topological polar surface area (TPSA) is 53.1 Å². The van der Waals surface area contributed by atoms with E-state index in [2.05, 4.69) is 36.1 Å². The molecule has 0 amide bonds. The van der Waals surface area contributed by atoms with Crippen molar-refractivity contribution in [3.05, 3.63) is 29.8 Å². The predicted molar refractivity (Wildman–Crippen MR) is 68.1 cm³/mol. The smallest absolute Gasteiger partial charge is 0.0923 e. The molecule has 1 aromatic rings. The first kappa shape index (κ1) is 11.0. The predicted octanol–water partition coefficient (Wildman–Crippen LogP) is 2.01. The van der Waals surface area contributed by atoms with E-state index in [1.807, 2.05) is 0 Å². The molecule has 0 fully saturated rings. The highest BCUT2D eigenvalue weighted by Crippen LogP contribution is 2.29. The maximum Gasteiger partial charge on any atom is 0.0923 e. The second-order valence-corrected chi connectivity index (χ2v) is 4.66. The SMILES string of the molecule is CC1Cc2ccccc2N(CCC(=N)N)C1.